The Morgan fingerprint density at radius 1 is 1.19 bits per heavy atom. The molecule has 2 rings (SSSR count). The number of nitrogens with zero attached hydrogens (tertiary/aromatic N) is 2. The molecular formula is C12H6F3N3O3. The highest BCUT2D eigenvalue weighted by molar-refractivity contribution is 6.04. The maximum Gasteiger partial charge on any atom is 0.307 e. The second kappa shape index (κ2) is 5.57. The normalized spacial score (nSPS) is 10.2. The largest absolute Gasteiger partial charge is 0.319 e. The Morgan fingerprint density at radius 3 is 2.48 bits per heavy atom. The summed E-state index contributed by atoms with van der Waals surface area (Å²) in [6, 6.07) is 2.85. The number of benzene rings is 1. The van der Waals surface area contributed by atoms with Crippen LogP contribution in [0, 0.1) is 27.7 Å². The highest BCUT2D eigenvalue weighted by Crippen LogP contribution is 2.25. The van der Waals surface area contributed by atoms with Gasteiger partial charge in [0.25, 0.3) is 5.91 Å². The summed E-state index contributed by atoms with van der Waals surface area (Å²) in [5.41, 5.74) is -1.65. The summed E-state index contributed by atoms with van der Waals surface area (Å²) < 4.78 is 39.2. The van der Waals surface area contributed by atoms with Crippen LogP contribution in [0.5, 0.6) is 0 Å². The maximum absolute atomic E-state index is 13.5. The molecule has 0 fully saturated rings. The van der Waals surface area contributed by atoms with Gasteiger partial charge in [-0.25, -0.2) is 9.37 Å². The van der Waals surface area contributed by atoms with Crippen LogP contribution in [0.1, 0.15) is 10.4 Å². The molecule has 0 saturated carbocycles. The lowest BCUT2D eigenvalue weighted by molar-refractivity contribution is -0.387. The molecule has 1 N–H and O–H groups in total. The van der Waals surface area contributed by atoms with Gasteiger partial charge in [0.2, 0.25) is 11.8 Å². The van der Waals surface area contributed by atoms with Crippen LogP contribution in [-0.4, -0.2) is 15.8 Å². The zero-order valence-electron chi connectivity index (χ0n) is 10.1. The first-order valence-electron chi connectivity index (χ1n) is 5.45. The summed E-state index contributed by atoms with van der Waals surface area (Å²) in [7, 11) is 0. The number of hydrogen-bond donors (Lipinski definition) is 1. The van der Waals surface area contributed by atoms with Gasteiger partial charge in [0.05, 0.1) is 16.2 Å². The Bertz CT molecular complexity index is 720. The first kappa shape index (κ1) is 14.4. The number of aromatic nitrogens is 1. The van der Waals surface area contributed by atoms with Crippen LogP contribution >= 0.6 is 0 Å². The van der Waals surface area contributed by atoms with Gasteiger partial charge < -0.3 is 5.32 Å². The Hall–Kier alpha value is -2.97. The quantitative estimate of drug-likeness (QED) is 0.536. The second-order valence-electron chi connectivity index (χ2n) is 3.86. The molecule has 1 aromatic heterocycles. The van der Waals surface area contributed by atoms with E-state index in [0.29, 0.717) is 6.07 Å². The van der Waals surface area contributed by atoms with E-state index in [4.69, 9.17) is 0 Å². The van der Waals surface area contributed by atoms with Crippen molar-refractivity contribution in [2.75, 3.05) is 5.32 Å². The summed E-state index contributed by atoms with van der Waals surface area (Å²) in [5, 5.41) is 12.6. The monoisotopic (exact) mass is 297 g/mol. The van der Waals surface area contributed by atoms with E-state index in [1.807, 2.05) is 5.32 Å². The van der Waals surface area contributed by atoms with Crippen LogP contribution in [0.15, 0.2) is 30.5 Å². The van der Waals surface area contributed by atoms with Crippen molar-refractivity contribution in [3.05, 3.63) is 63.7 Å². The number of anilines is 1. The van der Waals surface area contributed by atoms with Gasteiger partial charge in [-0.2, -0.15) is 8.78 Å². The number of pyridine rings is 1. The average molecular weight is 297 g/mol. The predicted octanol–water partition coefficient (Wildman–Crippen LogP) is 2.66. The molecule has 0 radical (unpaired) electrons. The lowest BCUT2D eigenvalue weighted by atomic mass is 10.2. The smallest absolute Gasteiger partial charge is 0.307 e. The zero-order valence-corrected chi connectivity index (χ0v) is 10.1. The van der Waals surface area contributed by atoms with Gasteiger partial charge >= 0.3 is 5.69 Å². The molecule has 0 spiro atoms. The third-order valence-electron chi connectivity index (χ3n) is 2.47. The summed E-state index contributed by atoms with van der Waals surface area (Å²) in [6.45, 7) is 0. The molecule has 9 heteroatoms. The van der Waals surface area contributed by atoms with E-state index in [1.165, 1.54) is 0 Å². The summed E-state index contributed by atoms with van der Waals surface area (Å²) in [4.78, 5) is 24.5. The first-order chi connectivity index (χ1) is 9.88. The molecule has 0 aliphatic heterocycles. The number of carbonyl (C=O) groups excluding carboxylic acids is 1. The maximum atomic E-state index is 13.5. The fourth-order valence-corrected chi connectivity index (χ4v) is 1.48. The minimum absolute atomic E-state index is 0.0946. The molecule has 0 saturated heterocycles. The number of nitrogens with one attached hydrogen (secondary N) is 1. The first-order valence-corrected chi connectivity index (χ1v) is 5.45. The molecule has 0 atom stereocenters. The SMILES string of the molecule is O=C(Nc1cc([N+](=O)[O-])c(F)cc1F)c1ccc(F)nc1. The van der Waals surface area contributed by atoms with Gasteiger partial charge in [0.1, 0.15) is 5.82 Å². The lowest BCUT2D eigenvalue weighted by Gasteiger charge is -2.06. The van der Waals surface area contributed by atoms with Crippen molar-refractivity contribution in [1.29, 1.82) is 0 Å². The molecule has 108 valence electrons. The van der Waals surface area contributed by atoms with Crippen LogP contribution in [0.3, 0.4) is 0 Å². The van der Waals surface area contributed by atoms with Crippen LogP contribution in [0.4, 0.5) is 24.5 Å². The number of amides is 1. The highest BCUT2D eigenvalue weighted by Gasteiger charge is 2.20. The molecule has 0 aliphatic carbocycles. The molecular weight excluding hydrogens is 291 g/mol. The van der Waals surface area contributed by atoms with Crippen LogP contribution in [0.25, 0.3) is 0 Å². The van der Waals surface area contributed by atoms with Crippen molar-refractivity contribution < 1.29 is 22.9 Å². The summed E-state index contributed by atoms with van der Waals surface area (Å²) in [5.74, 6) is -4.22. The van der Waals surface area contributed by atoms with E-state index in [-0.39, 0.29) is 11.6 Å². The molecule has 0 unspecified atom stereocenters. The molecule has 6 nitrogen and oxygen atoms in total. The highest BCUT2D eigenvalue weighted by atomic mass is 19.1. The van der Waals surface area contributed by atoms with E-state index in [9.17, 15) is 28.1 Å². The van der Waals surface area contributed by atoms with E-state index in [2.05, 4.69) is 4.98 Å². The number of hydrogen-bond acceptors (Lipinski definition) is 4. The van der Waals surface area contributed by atoms with E-state index >= 15 is 0 Å². The van der Waals surface area contributed by atoms with Gasteiger partial charge in [-0.05, 0) is 12.1 Å². The number of carbonyl (C=O) groups is 1. The molecule has 21 heavy (non-hydrogen) atoms. The number of nitro groups is 1. The molecule has 1 amide bonds. The zero-order chi connectivity index (χ0) is 15.6. The van der Waals surface area contributed by atoms with Gasteiger partial charge in [-0.3, -0.25) is 14.9 Å². The van der Waals surface area contributed by atoms with Crippen molar-refractivity contribution in [1.82, 2.24) is 4.98 Å². The minimum Gasteiger partial charge on any atom is -0.319 e. The van der Waals surface area contributed by atoms with Gasteiger partial charge in [-0.1, -0.05) is 0 Å². The van der Waals surface area contributed by atoms with Gasteiger partial charge in [0.15, 0.2) is 0 Å². The Kier molecular flexibility index (Phi) is 3.83. The third kappa shape index (κ3) is 3.14. The fourth-order valence-electron chi connectivity index (χ4n) is 1.48. The van der Waals surface area contributed by atoms with Crippen LogP contribution in [0.2, 0.25) is 0 Å². The van der Waals surface area contributed by atoms with Crippen molar-refractivity contribution >= 4 is 17.3 Å². The third-order valence-corrected chi connectivity index (χ3v) is 2.47. The van der Waals surface area contributed by atoms with Gasteiger partial charge in [-0.15, -0.1) is 0 Å². The van der Waals surface area contributed by atoms with Crippen molar-refractivity contribution in [3.63, 3.8) is 0 Å². The molecule has 1 aromatic carbocycles. The van der Waals surface area contributed by atoms with Crippen molar-refractivity contribution in [2.24, 2.45) is 0 Å². The van der Waals surface area contributed by atoms with Crippen LogP contribution in [-0.2, 0) is 0 Å². The summed E-state index contributed by atoms with van der Waals surface area (Å²) in [6.07, 6.45) is 0.903. The number of nitro benzene ring substituents is 1. The molecule has 2 aromatic rings. The van der Waals surface area contributed by atoms with E-state index < -0.39 is 39.8 Å². The van der Waals surface area contributed by atoms with Crippen molar-refractivity contribution in [3.8, 4) is 0 Å². The molecule has 1 heterocycles. The number of halogens is 3. The Labute approximate surface area is 115 Å². The van der Waals surface area contributed by atoms with Crippen molar-refractivity contribution in [2.45, 2.75) is 0 Å². The average Bonchev–Trinajstić information content (AvgIpc) is 2.42. The van der Waals surface area contributed by atoms with Gasteiger partial charge in [0, 0.05) is 18.3 Å². The minimum atomic E-state index is -1.36. The second-order valence-corrected chi connectivity index (χ2v) is 3.86. The standard InChI is InChI=1S/C12H6F3N3O3/c13-7-3-8(14)10(18(20)21)4-9(7)17-12(19)6-1-2-11(15)16-5-6/h1-5H,(H,17,19). The van der Waals surface area contributed by atoms with E-state index in [1.54, 1.807) is 0 Å². The summed E-state index contributed by atoms with van der Waals surface area (Å²) >= 11 is 0. The molecule has 0 bridgehead atoms. The fraction of sp³-hybridized carbons (Fsp3) is 0. The predicted molar refractivity (Wildman–Crippen MR) is 65.2 cm³/mol. The Balaban J connectivity index is 2.30. The lowest BCUT2D eigenvalue weighted by Crippen LogP contribution is -2.14. The topological polar surface area (TPSA) is 85.1 Å². The number of rotatable bonds is 3. The van der Waals surface area contributed by atoms with E-state index in [0.717, 1.165) is 18.3 Å². The van der Waals surface area contributed by atoms with Crippen LogP contribution < -0.4 is 5.32 Å². The molecule has 0 aliphatic rings. The Morgan fingerprint density at radius 2 is 1.90 bits per heavy atom.